The molecule has 6 heteroatoms. The Morgan fingerprint density at radius 2 is 1.94 bits per heavy atom. The second-order valence-electron chi connectivity index (χ2n) is 3.33. The van der Waals surface area contributed by atoms with Crippen LogP contribution >= 0.6 is 11.6 Å². The van der Waals surface area contributed by atoms with Gasteiger partial charge in [-0.1, -0.05) is 11.6 Å². The monoisotopic (exact) mass is 256 g/mol. The lowest BCUT2D eigenvalue weighted by atomic mass is 10.1. The van der Waals surface area contributed by atoms with Gasteiger partial charge < -0.3 is 0 Å². The highest BCUT2D eigenvalue weighted by atomic mass is 35.5. The van der Waals surface area contributed by atoms with Crippen molar-refractivity contribution in [1.29, 1.82) is 5.26 Å². The van der Waals surface area contributed by atoms with Crippen LogP contribution in [0.2, 0.25) is 5.15 Å². The third-order valence-electron chi connectivity index (χ3n) is 2.21. The number of hydrogen-bond donors (Lipinski definition) is 0. The molecule has 17 heavy (non-hydrogen) atoms. The molecule has 0 radical (unpaired) electrons. The van der Waals surface area contributed by atoms with E-state index in [0.717, 1.165) is 12.1 Å². The van der Waals surface area contributed by atoms with Crippen LogP contribution in [0.15, 0.2) is 24.3 Å². The van der Waals surface area contributed by atoms with E-state index in [9.17, 15) is 13.2 Å². The zero-order valence-corrected chi connectivity index (χ0v) is 8.97. The molecular weight excluding hydrogens is 253 g/mol. The standard InChI is InChI=1S/C11H4ClF3N2/c12-10-4-8(11(13,14)15)7-3-6(5-16)1-2-9(7)17-10/h1-4H. The molecule has 2 aromatic rings. The second-order valence-corrected chi connectivity index (χ2v) is 3.72. The van der Waals surface area contributed by atoms with Crippen molar-refractivity contribution in [3.63, 3.8) is 0 Å². The van der Waals surface area contributed by atoms with Crippen molar-refractivity contribution in [2.24, 2.45) is 0 Å². The summed E-state index contributed by atoms with van der Waals surface area (Å²) in [5, 5.41) is 8.32. The van der Waals surface area contributed by atoms with Crippen LogP contribution in [0.3, 0.4) is 0 Å². The molecule has 0 aliphatic rings. The summed E-state index contributed by atoms with van der Waals surface area (Å²) in [7, 11) is 0. The predicted octanol–water partition coefficient (Wildman–Crippen LogP) is 3.78. The van der Waals surface area contributed by atoms with Crippen molar-refractivity contribution >= 4 is 22.5 Å². The molecule has 1 aromatic carbocycles. The van der Waals surface area contributed by atoms with Crippen LogP contribution in [0.25, 0.3) is 10.9 Å². The van der Waals surface area contributed by atoms with E-state index in [1.165, 1.54) is 12.1 Å². The van der Waals surface area contributed by atoms with Gasteiger partial charge in [0.25, 0.3) is 0 Å². The topological polar surface area (TPSA) is 36.7 Å². The van der Waals surface area contributed by atoms with Crippen molar-refractivity contribution in [2.75, 3.05) is 0 Å². The Kier molecular flexibility index (Phi) is 2.68. The van der Waals surface area contributed by atoms with E-state index in [1.807, 2.05) is 0 Å². The van der Waals surface area contributed by atoms with Gasteiger partial charge in [0, 0.05) is 5.39 Å². The summed E-state index contributed by atoms with van der Waals surface area (Å²) in [5.41, 5.74) is -0.624. The molecule has 86 valence electrons. The third-order valence-corrected chi connectivity index (χ3v) is 2.41. The van der Waals surface area contributed by atoms with Crippen LogP contribution < -0.4 is 0 Å². The number of alkyl halides is 3. The fraction of sp³-hybridized carbons (Fsp3) is 0.0909. The van der Waals surface area contributed by atoms with Gasteiger partial charge in [0.1, 0.15) is 5.15 Å². The quantitative estimate of drug-likeness (QED) is 0.673. The SMILES string of the molecule is N#Cc1ccc2nc(Cl)cc(C(F)(F)F)c2c1. The van der Waals surface area contributed by atoms with Crippen molar-refractivity contribution in [3.8, 4) is 6.07 Å². The Labute approximate surface area is 99.3 Å². The largest absolute Gasteiger partial charge is 0.417 e. The highest BCUT2D eigenvalue weighted by Crippen LogP contribution is 2.35. The highest BCUT2D eigenvalue weighted by Gasteiger charge is 2.33. The van der Waals surface area contributed by atoms with E-state index in [1.54, 1.807) is 6.07 Å². The highest BCUT2D eigenvalue weighted by molar-refractivity contribution is 6.30. The summed E-state index contributed by atoms with van der Waals surface area (Å²) < 4.78 is 38.3. The molecule has 2 nitrogen and oxygen atoms in total. The number of pyridine rings is 1. The number of benzene rings is 1. The molecule has 0 fully saturated rings. The van der Waals surface area contributed by atoms with E-state index in [0.29, 0.717) is 0 Å². The van der Waals surface area contributed by atoms with Crippen LogP contribution in [-0.4, -0.2) is 4.98 Å². The van der Waals surface area contributed by atoms with E-state index >= 15 is 0 Å². The number of rotatable bonds is 0. The molecule has 0 spiro atoms. The van der Waals surface area contributed by atoms with Crippen molar-refractivity contribution in [1.82, 2.24) is 4.98 Å². The first-order valence-electron chi connectivity index (χ1n) is 4.49. The summed E-state index contributed by atoms with van der Waals surface area (Å²) >= 11 is 5.53. The Hall–Kier alpha value is -1.80. The third kappa shape index (κ3) is 2.17. The van der Waals surface area contributed by atoms with Crippen molar-refractivity contribution < 1.29 is 13.2 Å². The lowest BCUT2D eigenvalue weighted by Gasteiger charge is -2.10. The van der Waals surface area contributed by atoms with Gasteiger partial charge >= 0.3 is 6.18 Å². The summed E-state index contributed by atoms with van der Waals surface area (Å²) in [5.74, 6) is 0. The van der Waals surface area contributed by atoms with Crippen LogP contribution in [0, 0.1) is 11.3 Å². The first kappa shape index (κ1) is 11.7. The van der Waals surface area contributed by atoms with Crippen molar-refractivity contribution in [3.05, 3.63) is 40.5 Å². The van der Waals surface area contributed by atoms with E-state index in [-0.39, 0.29) is 21.6 Å². The maximum Gasteiger partial charge on any atom is 0.417 e. The minimum Gasteiger partial charge on any atom is -0.236 e. The molecule has 2 rings (SSSR count). The maximum atomic E-state index is 12.8. The molecule has 0 N–H and O–H groups in total. The minimum atomic E-state index is -4.53. The average Bonchev–Trinajstić information content (AvgIpc) is 2.26. The first-order chi connectivity index (χ1) is 7.91. The van der Waals surface area contributed by atoms with Gasteiger partial charge in [0.15, 0.2) is 0 Å². The smallest absolute Gasteiger partial charge is 0.236 e. The lowest BCUT2D eigenvalue weighted by molar-refractivity contribution is -0.136. The van der Waals surface area contributed by atoms with Crippen LogP contribution in [-0.2, 0) is 6.18 Å². The van der Waals surface area contributed by atoms with E-state index in [4.69, 9.17) is 16.9 Å². The van der Waals surface area contributed by atoms with Gasteiger partial charge in [-0.25, -0.2) is 4.98 Å². The Morgan fingerprint density at radius 1 is 1.24 bits per heavy atom. The van der Waals surface area contributed by atoms with Gasteiger partial charge in [-0.2, -0.15) is 18.4 Å². The molecular formula is C11H4ClF3N2. The number of halogens is 4. The van der Waals surface area contributed by atoms with Crippen LogP contribution in [0.4, 0.5) is 13.2 Å². The second kappa shape index (κ2) is 3.90. The molecule has 0 atom stereocenters. The molecule has 0 unspecified atom stereocenters. The van der Waals surface area contributed by atoms with E-state index in [2.05, 4.69) is 4.98 Å². The first-order valence-corrected chi connectivity index (χ1v) is 4.87. The van der Waals surface area contributed by atoms with E-state index < -0.39 is 11.7 Å². The summed E-state index contributed by atoms with van der Waals surface area (Å²) in [6.45, 7) is 0. The minimum absolute atomic E-state index is 0.115. The zero-order chi connectivity index (χ0) is 12.6. The fourth-order valence-corrected chi connectivity index (χ4v) is 1.70. The average molecular weight is 257 g/mol. The number of fused-ring (bicyclic) bond motifs is 1. The van der Waals surface area contributed by atoms with Crippen LogP contribution in [0.1, 0.15) is 11.1 Å². The summed E-state index contributed by atoms with van der Waals surface area (Å²) in [6.07, 6.45) is -4.53. The molecule has 0 saturated heterocycles. The molecule has 0 bridgehead atoms. The molecule has 0 aliphatic heterocycles. The number of nitriles is 1. The van der Waals surface area contributed by atoms with Gasteiger partial charge in [-0.05, 0) is 24.3 Å². The predicted molar refractivity (Wildman–Crippen MR) is 56.5 cm³/mol. The molecule has 0 saturated carbocycles. The molecule has 0 aliphatic carbocycles. The Balaban J connectivity index is 2.86. The Morgan fingerprint density at radius 3 is 2.53 bits per heavy atom. The van der Waals surface area contributed by atoms with Gasteiger partial charge in [-0.3, -0.25) is 0 Å². The fourth-order valence-electron chi connectivity index (χ4n) is 1.50. The number of aromatic nitrogens is 1. The van der Waals surface area contributed by atoms with Gasteiger partial charge in [0.05, 0.1) is 22.7 Å². The normalized spacial score (nSPS) is 11.5. The summed E-state index contributed by atoms with van der Waals surface area (Å²) in [4.78, 5) is 3.78. The summed E-state index contributed by atoms with van der Waals surface area (Å²) in [6, 6.07) is 6.43. The van der Waals surface area contributed by atoms with Gasteiger partial charge in [-0.15, -0.1) is 0 Å². The number of nitrogens with zero attached hydrogens (tertiary/aromatic N) is 2. The van der Waals surface area contributed by atoms with Gasteiger partial charge in [0.2, 0.25) is 0 Å². The molecule has 1 heterocycles. The number of hydrogen-bond acceptors (Lipinski definition) is 2. The Bertz CT molecular complexity index is 629. The lowest BCUT2D eigenvalue weighted by Crippen LogP contribution is -2.06. The van der Waals surface area contributed by atoms with Crippen molar-refractivity contribution in [2.45, 2.75) is 6.18 Å². The molecule has 1 aromatic heterocycles. The molecule has 0 amide bonds. The maximum absolute atomic E-state index is 12.8. The zero-order valence-electron chi connectivity index (χ0n) is 8.22. The van der Waals surface area contributed by atoms with Crippen LogP contribution in [0.5, 0.6) is 0 Å².